The van der Waals surface area contributed by atoms with Crippen LogP contribution >= 0.6 is 0 Å². The minimum atomic E-state index is -0.876. The van der Waals surface area contributed by atoms with Crippen molar-refractivity contribution >= 4 is 29.1 Å². The van der Waals surface area contributed by atoms with Gasteiger partial charge in [0, 0.05) is 52.3 Å². The van der Waals surface area contributed by atoms with Crippen molar-refractivity contribution in [2.75, 3.05) is 52.5 Å². The van der Waals surface area contributed by atoms with Crippen molar-refractivity contribution < 1.29 is 44.0 Å². The number of phenolic OH excluding ortho intramolecular Hbond substituents is 1. The number of Topliss-reactive ketones (excluding diaryl/α,β-unsaturated/α-hetero) is 2. The molecule has 38 heavy (non-hydrogen) atoms. The number of ketones is 2. The summed E-state index contributed by atoms with van der Waals surface area (Å²) in [7, 11) is 5.15. The molecule has 1 aromatic rings. The van der Waals surface area contributed by atoms with E-state index in [9.17, 15) is 34.5 Å². The van der Waals surface area contributed by atoms with Crippen LogP contribution in [-0.2, 0) is 36.7 Å². The van der Waals surface area contributed by atoms with E-state index in [1.807, 2.05) is 19.0 Å². The van der Waals surface area contributed by atoms with E-state index in [1.165, 1.54) is 7.11 Å². The fraction of sp³-hybridized carbons (Fsp3) is 0.630. The van der Waals surface area contributed by atoms with E-state index < -0.39 is 42.5 Å². The van der Waals surface area contributed by atoms with E-state index in [0.29, 0.717) is 24.0 Å². The predicted octanol–water partition coefficient (Wildman–Crippen LogP) is 0.767. The third-order valence-electron chi connectivity index (χ3n) is 7.00. The third-order valence-corrected chi connectivity index (χ3v) is 7.00. The first-order valence-electron chi connectivity index (χ1n) is 12.8. The lowest BCUT2D eigenvalue weighted by molar-refractivity contribution is -0.144. The van der Waals surface area contributed by atoms with E-state index in [-0.39, 0.29) is 68.5 Å². The standard InChI is InChI=1S/C27H40N2O9/c1-29(2)21-13-18(4-5-25(35)38-9-8-37-3)27(36)26-19(21)11-16(12-23(26)33)10-17(6-7-30)20(15-31)22(32)14-24(28)34/h13,16-17,20,30-31,36H,4-12,14-15H2,1-3H3,(H2,28,34). The number of methoxy groups -OCH3 is 1. The number of fused-ring (bicyclic) bond motifs is 1. The van der Waals surface area contributed by atoms with Gasteiger partial charge in [0.2, 0.25) is 5.91 Å². The van der Waals surface area contributed by atoms with Crippen LogP contribution in [0.5, 0.6) is 5.75 Å². The molecule has 0 radical (unpaired) electrons. The molecule has 0 saturated carbocycles. The zero-order valence-electron chi connectivity index (χ0n) is 22.4. The second kappa shape index (κ2) is 14.8. The molecule has 0 heterocycles. The molecule has 212 valence electrons. The molecule has 2 rings (SSSR count). The average molecular weight is 537 g/mol. The van der Waals surface area contributed by atoms with Gasteiger partial charge in [-0.15, -0.1) is 0 Å². The quantitative estimate of drug-likeness (QED) is 0.134. The number of esters is 1. The van der Waals surface area contributed by atoms with Gasteiger partial charge in [-0.05, 0) is 54.7 Å². The van der Waals surface area contributed by atoms with Crippen molar-refractivity contribution in [3.05, 3.63) is 22.8 Å². The van der Waals surface area contributed by atoms with Gasteiger partial charge in [0.1, 0.15) is 18.1 Å². The molecule has 1 aliphatic carbocycles. The number of primary amides is 1. The highest BCUT2D eigenvalue weighted by Crippen LogP contribution is 2.42. The number of nitrogens with zero attached hydrogens (tertiary/aromatic N) is 1. The van der Waals surface area contributed by atoms with E-state index in [1.54, 1.807) is 6.07 Å². The molecule has 11 nitrogen and oxygen atoms in total. The molecular weight excluding hydrogens is 496 g/mol. The summed E-state index contributed by atoms with van der Waals surface area (Å²) in [5.41, 5.74) is 7.27. The molecule has 11 heteroatoms. The maximum atomic E-state index is 13.3. The Bertz CT molecular complexity index is 1010. The van der Waals surface area contributed by atoms with Gasteiger partial charge in [0.15, 0.2) is 5.78 Å². The number of ether oxygens (including phenoxy) is 2. The number of rotatable bonds is 16. The minimum Gasteiger partial charge on any atom is -0.507 e. The van der Waals surface area contributed by atoms with E-state index in [2.05, 4.69) is 0 Å². The molecule has 1 amide bonds. The monoisotopic (exact) mass is 536 g/mol. The van der Waals surface area contributed by atoms with Gasteiger partial charge in [0.05, 0.1) is 25.2 Å². The van der Waals surface area contributed by atoms with Crippen LogP contribution in [0.2, 0.25) is 0 Å². The number of aromatic hydroxyl groups is 1. The highest BCUT2D eigenvalue weighted by molar-refractivity contribution is 6.03. The van der Waals surface area contributed by atoms with Gasteiger partial charge in [-0.25, -0.2) is 0 Å². The van der Waals surface area contributed by atoms with Gasteiger partial charge >= 0.3 is 5.97 Å². The Morgan fingerprint density at radius 2 is 1.89 bits per heavy atom. The van der Waals surface area contributed by atoms with Crippen molar-refractivity contribution in [3.8, 4) is 5.75 Å². The molecule has 0 spiro atoms. The lowest BCUT2D eigenvalue weighted by atomic mass is 9.73. The minimum absolute atomic E-state index is 0.0322. The van der Waals surface area contributed by atoms with Crippen molar-refractivity contribution in [1.82, 2.24) is 0 Å². The average Bonchev–Trinajstić information content (AvgIpc) is 2.83. The molecule has 1 aliphatic rings. The summed E-state index contributed by atoms with van der Waals surface area (Å²) in [5, 5.41) is 30.5. The molecule has 0 fully saturated rings. The van der Waals surface area contributed by atoms with Gasteiger partial charge in [-0.1, -0.05) is 0 Å². The van der Waals surface area contributed by atoms with Crippen LogP contribution in [0, 0.1) is 17.8 Å². The zero-order valence-corrected chi connectivity index (χ0v) is 22.4. The Labute approximate surface area is 222 Å². The summed E-state index contributed by atoms with van der Waals surface area (Å²) in [6.07, 6.45) is 0.862. The third kappa shape index (κ3) is 8.24. The van der Waals surface area contributed by atoms with Gasteiger partial charge in [-0.3, -0.25) is 19.2 Å². The largest absolute Gasteiger partial charge is 0.507 e. The van der Waals surface area contributed by atoms with Crippen molar-refractivity contribution in [3.63, 3.8) is 0 Å². The Morgan fingerprint density at radius 1 is 1.18 bits per heavy atom. The zero-order chi connectivity index (χ0) is 28.4. The number of nitrogens with two attached hydrogens (primary N) is 1. The lowest BCUT2D eigenvalue weighted by Gasteiger charge is -2.33. The number of aryl methyl sites for hydroxylation is 1. The molecule has 3 atom stereocenters. The highest BCUT2D eigenvalue weighted by Gasteiger charge is 2.36. The molecule has 1 aromatic carbocycles. The highest BCUT2D eigenvalue weighted by atomic mass is 16.6. The van der Waals surface area contributed by atoms with Crippen LogP contribution in [0.1, 0.15) is 53.6 Å². The van der Waals surface area contributed by atoms with Gasteiger partial charge in [0.25, 0.3) is 0 Å². The number of hydrogen-bond acceptors (Lipinski definition) is 10. The normalized spacial score (nSPS) is 16.4. The Balaban J connectivity index is 2.29. The van der Waals surface area contributed by atoms with Crippen molar-refractivity contribution in [1.29, 1.82) is 0 Å². The fourth-order valence-electron chi connectivity index (χ4n) is 5.18. The number of benzene rings is 1. The first-order valence-corrected chi connectivity index (χ1v) is 12.8. The number of aliphatic hydroxyl groups excluding tert-OH is 2. The molecule has 0 aromatic heterocycles. The smallest absolute Gasteiger partial charge is 0.306 e. The second-order valence-electron chi connectivity index (χ2n) is 9.97. The van der Waals surface area contributed by atoms with E-state index in [0.717, 1.165) is 5.69 Å². The maximum Gasteiger partial charge on any atom is 0.306 e. The van der Waals surface area contributed by atoms with Gasteiger partial charge in [-0.2, -0.15) is 0 Å². The van der Waals surface area contributed by atoms with Crippen LogP contribution in [-0.4, -0.2) is 86.4 Å². The number of carbonyl (C=O) groups excluding carboxylic acids is 4. The van der Waals surface area contributed by atoms with Crippen LogP contribution in [0.25, 0.3) is 0 Å². The van der Waals surface area contributed by atoms with Crippen molar-refractivity contribution in [2.45, 2.75) is 44.9 Å². The number of carbonyl (C=O) groups is 4. The van der Waals surface area contributed by atoms with Gasteiger partial charge < -0.3 is 35.4 Å². The molecule has 0 aliphatic heterocycles. The van der Waals surface area contributed by atoms with Crippen LogP contribution in [0.3, 0.4) is 0 Å². The first-order chi connectivity index (χ1) is 18.0. The number of anilines is 1. The molecule has 0 bridgehead atoms. The van der Waals surface area contributed by atoms with E-state index >= 15 is 0 Å². The lowest BCUT2D eigenvalue weighted by Crippen LogP contribution is -2.34. The first kappa shape index (κ1) is 31.2. The topological polar surface area (TPSA) is 177 Å². The molecule has 0 saturated heterocycles. The van der Waals surface area contributed by atoms with E-state index in [4.69, 9.17) is 15.2 Å². The Kier molecular flexibility index (Phi) is 12.1. The number of hydrogen-bond donors (Lipinski definition) is 4. The summed E-state index contributed by atoms with van der Waals surface area (Å²) in [6.45, 7) is -0.289. The maximum absolute atomic E-state index is 13.3. The number of aliphatic hydroxyl groups is 2. The Hall–Kier alpha value is -3.02. The van der Waals surface area contributed by atoms with Crippen molar-refractivity contribution in [2.24, 2.45) is 23.5 Å². The number of phenols is 1. The van der Waals surface area contributed by atoms with Crippen LogP contribution in [0.4, 0.5) is 5.69 Å². The van der Waals surface area contributed by atoms with Crippen LogP contribution in [0.15, 0.2) is 6.07 Å². The summed E-state index contributed by atoms with van der Waals surface area (Å²) in [6, 6.07) is 1.77. The summed E-state index contributed by atoms with van der Waals surface area (Å²) in [5.74, 6) is -3.64. The Morgan fingerprint density at radius 3 is 2.47 bits per heavy atom. The molecular formula is C27H40N2O9. The molecule has 5 N–H and O–H groups in total. The summed E-state index contributed by atoms with van der Waals surface area (Å²) >= 11 is 0. The van der Waals surface area contributed by atoms with Crippen LogP contribution < -0.4 is 10.6 Å². The summed E-state index contributed by atoms with van der Waals surface area (Å²) in [4.78, 5) is 51.0. The molecule has 3 unspecified atom stereocenters. The fourth-order valence-corrected chi connectivity index (χ4v) is 5.18. The second-order valence-corrected chi connectivity index (χ2v) is 9.97. The SMILES string of the molecule is COCCOC(=O)CCc1cc(N(C)C)c2c(c1O)C(=O)CC(CC(CCO)C(CO)C(=O)CC(N)=O)C2. The predicted molar refractivity (Wildman–Crippen MR) is 139 cm³/mol. The number of amides is 1. The summed E-state index contributed by atoms with van der Waals surface area (Å²) < 4.78 is 9.95.